The largest absolute Gasteiger partial charge is 0.361 e. The second kappa shape index (κ2) is 11.3. The van der Waals surface area contributed by atoms with Gasteiger partial charge in [-0.3, -0.25) is 0 Å². The van der Waals surface area contributed by atoms with Crippen LogP contribution in [0.25, 0.3) is 0 Å². The topological polar surface area (TPSA) is 70.5 Å². The van der Waals surface area contributed by atoms with E-state index in [9.17, 15) is 0 Å². The van der Waals surface area contributed by atoms with E-state index < -0.39 is 0 Å². The second-order valence-electron chi connectivity index (χ2n) is 4.10. The van der Waals surface area contributed by atoms with Crippen molar-refractivity contribution in [2.75, 3.05) is 13.2 Å². The first kappa shape index (κ1) is 15.8. The zero-order valence-electron chi connectivity index (χ0n) is 10.8. The molecule has 0 radical (unpaired) electrons. The fourth-order valence-electron chi connectivity index (χ4n) is 1.38. The summed E-state index contributed by atoms with van der Waals surface area (Å²) in [6, 6.07) is 0. The van der Waals surface area contributed by atoms with Crippen LogP contribution in [-0.2, 0) is 9.47 Å². The number of hydrogen-bond donors (Lipinski definition) is 2. The Morgan fingerprint density at radius 3 is 1.50 bits per heavy atom. The lowest BCUT2D eigenvalue weighted by molar-refractivity contribution is -0.0237. The molecule has 0 rings (SSSR count). The molecule has 0 fully saturated rings. The third kappa shape index (κ3) is 10.4. The van der Waals surface area contributed by atoms with Gasteiger partial charge in [-0.05, 0) is 25.7 Å². The van der Waals surface area contributed by atoms with Gasteiger partial charge >= 0.3 is 0 Å². The summed E-state index contributed by atoms with van der Waals surface area (Å²) < 4.78 is 10.8. The maximum Gasteiger partial charge on any atom is 0.105 e. The minimum Gasteiger partial charge on any atom is -0.361 e. The van der Waals surface area contributed by atoms with Crippen molar-refractivity contribution in [3.63, 3.8) is 0 Å². The number of ether oxygens (including phenoxy) is 2. The minimum absolute atomic E-state index is 0.157. The Labute approximate surface area is 99.7 Å². The molecule has 2 atom stereocenters. The molecule has 4 nitrogen and oxygen atoms in total. The van der Waals surface area contributed by atoms with Crippen LogP contribution in [0.4, 0.5) is 0 Å². The molecule has 0 bridgehead atoms. The summed E-state index contributed by atoms with van der Waals surface area (Å²) in [6.07, 6.45) is 6.03. The summed E-state index contributed by atoms with van der Waals surface area (Å²) in [5.74, 6) is 0. The van der Waals surface area contributed by atoms with Gasteiger partial charge < -0.3 is 20.9 Å². The minimum atomic E-state index is -0.157. The van der Waals surface area contributed by atoms with Gasteiger partial charge in [0.2, 0.25) is 0 Å². The first-order chi connectivity index (χ1) is 7.70. The Balaban J connectivity index is 3.24. The van der Waals surface area contributed by atoms with Gasteiger partial charge in [0.05, 0.1) is 13.2 Å². The number of nitrogens with two attached hydrogens (primary N) is 2. The van der Waals surface area contributed by atoms with Crippen LogP contribution in [0.15, 0.2) is 0 Å². The Kier molecular flexibility index (Phi) is 11.2. The van der Waals surface area contributed by atoms with Gasteiger partial charge in [0.15, 0.2) is 0 Å². The van der Waals surface area contributed by atoms with Crippen molar-refractivity contribution in [3.8, 4) is 0 Å². The molecule has 0 heterocycles. The van der Waals surface area contributed by atoms with Gasteiger partial charge in [-0.2, -0.15) is 0 Å². The Hall–Kier alpha value is -0.160. The van der Waals surface area contributed by atoms with E-state index in [0.29, 0.717) is 13.2 Å². The molecule has 0 saturated carbocycles. The highest BCUT2D eigenvalue weighted by molar-refractivity contribution is 4.50. The number of hydrogen-bond acceptors (Lipinski definition) is 4. The second-order valence-corrected chi connectivity index (χ2v) is 4.10. The quantitative estimate of drug-likeness (QED) is 0.422. The van der Waals surface area contributed by atoms with Gasteiger partial charge in [-0.1, -0.05) is 26.7 Å². The van der Waals surface area contributed by atoms with Crippen molar-refractivity contribution in [3.05, 3.63) is 0 Å². The van der Waals surface area contributed by atoms with Crippen molar-refractivity contribution < 1.29 is 9.47 Å². The molecule has 0 saturated heterocycles. The molecule has 4 N–H and O–H groups in total. The Morgan fingerprint density at radius 1 is 0.812 bits per heavy atom. The molecular formula is C12H28N2O2. The number of unbranched alkanes of at least 4 members (excludes halogenated alkanes) is 2. The molecule has 0 amide bonds. The van der Waals surface area contributed by atoms with Crippen molar-refractivity contribution >= 4 is 0 Å². The maximum absolute atomic E-state index is 5.75. The maximum atomic E-state index is 5.75. The van der Waals surface area contributed by atoms with Crippen LogP contribution in [0.1, 0.15) is 52.4 Å². The molecule has 16 heavy (non-hydrogen) atoms. The van der Waals surface area contributed by atoms with Gasteiger partial charge in [0.25, 0.3) is 0 Å². The summed E-state index contributed by atoms with van der Waals surface area (Å²) in [5.41, 5.74) is 11.5. The highest BCUT2D eigenvalue weighted by atomic mass is 16.5. The summed E-state index contributed by atoms with van der Waals surface area (Å²) >= 11 is 0. The molecule has 0 spiro atoms. The van der Waals surface area contributed by atoms with E-state index in [1.54, 1.807) is 0 Å². The molecular weight excluding hydrogens is 204 g/mol. The Bertz CT molecular complexity index is 129. The standard InChI is InChI=1S/C12H28N2O2/c1-3-5-7-11(13)15-9-10-16-12(14)8-6-4-2/h11-12H,3-10,13-14H2,1-2H3. The monoisotopic (exact) mass is 232 g/mol. The molecule has 0 aliphatic carbocycles. The summed E-state index contributed by atoms with van der Waals surface area (Å²) in [6.45, 7) is 5.35. The normalized spacial score (nSPS) is 15.0. The van der Waals surface area contributed by atoms with Gasteiger partial charge in [-0.25, -0.2) is 0 Å². The van der Waals surface area contributed by atoms with E-state index in [-0.39, 0.29) is 12.5 Å². The average Bonchev–Trinajstić information content (AvgIpc) is 2.29. The third-order valence-electron chi connectivity index (χ3n) is 2.43. The van der Waals surface area contributed by atoms with Gasteiger partial charge in [0.1, 0.15) is 12.5 Å². The fraction of sp³-hybridized carbons (Fsp3) is 1.00. The molecule has 2 unspecified atom stereocenters. The predicted octanol–water partition coefficient (Wildman–Crippen LogP) is 1.97. The molecule has 98 valence electrons. The van der Waals surface area contributed by atoms with Gasteiger partial charge in [-0.15, -0.1) is 0 Å². The highest BCUT2D eigenvalue weighted by Crippen LogP contribution is 2.01. The van der Waals surface area contributed by atoms with Crippen LogP contribution in [0, 0.1) is 0 Å². The van der Waals surface area contributed by atoms with Crippen LogP contribution >= 0.6 is 0 Å². The lowest BCUT2D eigenvalue weighted by atomic mass is 10.2. The van der Waals surface area contributed by atoms with Crippen molar-refractivity contribution in [1.29, 1.82) is 0 Å². The zero-order chi connectivity index (χ0) is 12.2. The zero-order valence-corrected chi connectivity index (χ0v) is 10.8. The molecule has 4 heteroatoms. The fourth-order valence-corrected chi connectivity index (χ4v) is 1.38. The molecule has 0 aromatic rings. The lowest BCUT2D eigenvalue weighted by Gasteiger charge is -2.15. The smallest absolute Gasteiger partial charge is 0.105 e. The summed E-state index contributed by atoms with van der Waals surface area (Å²) in [4.78, 5) is 0. The van der Waals surface area contributed by atoms with Crippen molar-refractivity contribution in [2.24, 2.45) is 11.5 Å². The van der Waals surface area contributed by atoms with Crippen LogP contribution in [0.2, 0.25) is 0 Å². The van der Waals surface area contributed by atoms with E-state index in [1.807, 2.05) is 0 Å². The molecule has 0 aromatic heterocycles. The van der Waals surface area contributed by atoms with E-state index in [4.69, 9.17) is 20.9 Å². The highest BCUT2D eigenvalue weighted by Gasteiger charge is 2.03. The average molecular weight is 232 g/mol. The first-order valence-electron chi connectivity index (χ1n) is 6.45. The Morgan fingerprint density at radius 2 is 1.19 bits per heavy atom. The molecule has 0 aromatic carbocycles. The SMILES string of the molecule is CCCCC(N)OCCOC(N)CCCC. The van der Waals surface area contributed by atoms with E-state index in [1.165, 1.54) is 0 Å². The van der Waals surface area contributed by atoms with Crippen molar-refractivity contribution in [1.82, 2.24) is 0 Å². The first-order valence-corrected chi connectivity index (χ1v) is 6.45. The van der Waals surface area contributed by atoms with Gasteiger partial charge in [0, 0.05) is 0 Å². The van der Waals surface area contributed by atoms with E-state index in [2.05, 4.69) is 13.8 Å². The van der Waals surface area contributed by atoms with Crippen LogP contribution in [0.3, 0.4) is 0 Å². The van der Waals surface area contributed by atoms with Crippen LogP contribution < -0.4 is 11.5 Å². The summed E-state index contributed by atoms with van der Waals surface area (Å²) in [5, 5.41) is 0. The summed E-state index contributed by atoms with van der Waals surface area (Å²) in [7, 11) is 0. The molecule has 0 aliphatic rings. The van der Waals surface area contributed by atoms with E-state index >= 15 is 0 Å². The predicted molar refractivity (Wildman–Crippen MR) is 66.9 cm³/mol. The third-order valence-corrected chi connectivity index (χ3v) is 2.43. The number of rotatable bonds is 11. The van der Waals surface area contributed by atoms with Crippen molar-refractivity contribution in [2.45, 2.75) is 64.8 Å². The lowest BCUT2D eigenvalue weighted by Crippen LogP contribution is -2.29. The van der Waals surface area contributed by atoms with Crippen LogP contribution in [-0.4, -0.2) is 25.7 Å². The van der Waals surface area contributed by atoms with E-state index in [0.717, 1.165) is 38.5 Å². The van der Waals surface area contributed by atoms with Crippen LogP contribution in [0.5, 0.6) is 0 Å². The molecule has 0 aliphatic heterocycles.